The molecule has 19 heavy (non-hydrogen) atoms. The number of hydrogen-bond acceptors (Lipinski definition) is 3. The number of rotatable bonds is 4. The van der Waals surface area contributed by atoms with Crippen molar-refractivity contribution in [3.05, 3.63) is 52.5 Å². The zero-order chi connectivity index (χ0) is 13.8. The monoisotopic (exact) mass is 277 g/mol. The van der Waals surface area contributed by atoms with Crippen LogP contribution in [0.1, 0.15) is 11.1 Å². The summed E-state index contributed by atoms with van der Waals surface area (Å²) in [7, 11) is 1.60. The zero-order valence-electron chi connectivity index (χ0n) is 10.9. The average Bonchev–Trinajstić information content (AvgIpc) is 2.39. The van der Waals surface area contributed by atoms with Gasteiger partial charge < -0.3 is 15.2 Å². The van der Waals surface area contributed by atoms with Gasteiger partial charge in [-0.2, -0.15) is 0 Å². The molecule has 2 N–H and O–H groups in total. The molecule has 0 aromatic heterocycles. The summed E-state index contributed by atoms with van der Waals surface area (Å²) in [4.78, 5) is 0. The second-order valence-electron chi connectivity index (χ2n) is 4.29. The highest BCUT2D eigenvalue weighted by molar-refractivity contribution is 6.31. The Kier molecular flexibility index (Phi) is 4.17. The summed E-state index contributed by atoms with van der Waals surface area (Å²) in [5.74, 6) is 1.30. The molecule has 0 atom stereocenters. The van der Waals surface area contributed by atoms with Gasteiger partial charge >= 0.3 is 0 Å². The quantitative estimate of drug-likeness (QED) is 0.864. The van der Waals surface area contributed by atoms with Gasteiger partial charge in [-0.1, -0.05) is 23.7 Å². The number of halogens is 1. The van der Waals surface area contributed by atoms with Crippen LogP contribution >= 0.6 is 11.6 Å². The van der Waals surface area contributed by atoms with E-state index < -0.39 is 0 Å². The third-order valence-corrected chi connectivity index (χ3v) is 3.16. The molecule has 0 spiro atoms. The summed E-state index contributed by atoms with van der Waals surface area (Å²) in [6.07, 6.45) is 0. The van der Waals surface area contributed by atoms with Crippen molar-refractivity contribution >= 4 is 17.3 Å². The van der Waals surface area contributed by atoms with E-state index in [1.165, 1.54) is 0 Å². The normalized spacial score (nSPS) is 10.3. The van der Waals surface area contributed by atoms with Crippen molar-refractivity contribution < 1.29 is 9.47 Å². The second-order valence-corrected chi connectivity index (χ2v) is 4.69. The van der Waals surface area contributed by atoms with E-state index in [1.807, 2.05) is 25.1 Å². The van der Waals surface area contributed by atoms with Crippen LogP contribution in [0, 0.1) is 6.92 Å². The molecule has 0 bridgehead atoms. The van der Waals surface area contributed by atoms with Gasteiger partial charge in [0, 0.05) is 16.7 Å². The van der Waals surface area contributed by atoms with E-state index >= 15 is 0 Å². The van der Waals surface area contributed by atoms with Gasteiger partial charge in [-0.3, -0.25) is 0 Å². The van der Waals surface area contributed by atoms with Gasteiger partial charge in [0.1, 0.15) is 18.1 Å². The SMILES string of the molecule is COc1ccc(N)c(OCc2ccc(C)cc2Cl)c1. The fraction of sp³-hybridized carbons (Fsp3) is 0.200. The molecule has 0 unspecified atom stereocenters. The molecular weight excluding hydrogens is 262 g/mol. The molecule has 2 rings (SSSR count). The van der Waals surface area contributed by atoms with Crippen LogP contribution < -0.4 is 15.2 Å². The molecule has 0 aliphatic rings. The maximum Gasteiger partial charge on any atom is 0.146 e. The molecule has 3 nitrogen and oxygen atoms in total. The average molecular weight is 278 g/mol. The highest BCUT2D eigenvalue weighted by Gasteiger charge is 2.05. The maximum absolute atomic E-state index is 6.16. The lowest BCUT2D eigenvalue weighted by Crippen LogP contribution is -2.00. The molecule has 0 fully saturated rings. The lowest BCUT2D eigenvalue weighted by atomic mass is 10.1. The summed E-state index contributed by atoms with van der Waals surface area (Å²) in [6.45, 7) is 2.37. The molecule has 0 saturated heterocycles. The Hall–Kier alpha value is -1.87. The first-order chi connectivity index (χ1) is 9.10. The summed E-state index contributed by atoms with van der Waals surface area (Å²) in [6, 6.07) is 11.2. The van der Waals surface area contributed by atoms with Crippen molar-refractivity contribution in [1.82, 2.24) is 0 Å². The minimum Gasteiger partial charge on any atom is -0.497 e. The van der Waals surface area contributed by atoms with Gasteiger partial charge in [-0.05, 0) is 30.7 Å². The summed E-state index contributed by atoms with van der Waals surface area (Å²) in [5.41, 5.74) is 8.48. The highest BCUT2D eigenvalue weighted by Crippen LogP contribution is 2.28. The fourth-order valence-corrected chi connectivity index (χ4v) is 1.98. The smallest absolute Gasteiger partial charge is 0.146 e. The van der Waals surface area contributed by atoms with Gasteiger partial charge in [0.15, 0.2) is 0 Å². The predicted octanol–water partition coefficient (Wildman–Crippen LogP) is 3.82. The minimum atomic E-state index is 0.372. The molecule has 0 aliphatic carbocycles. The minimum absolute atomic E-state index is 0.372. The molecule has 4 heteroatoms. The van der Waals surface area contributed by atoms with E-state index in [0.717, 1.165) is 11.1 Å². The number of anilines is 1. The number of nitrogen functional groups attached to an aromatic ring is 1. The molecule has 0 aliphatic heterocycles. The standard InChI is InChI=1S/C15H16ClNO2/c1-10-3-4-11(13(16)7-10)9-19-15-8-12(18-2)5-6-14(15)17/h3-8H,9,17H2,1-2H3. The summed E-state index contributed by atoms with van der Waals surface area (Å²) < 4.78 is 10.8. The molecule has 2 aromatic carbocycles. The zero-order valence-corrected chi connectivity index (χ0v) is 11.7. The Balaban J connectivity index is 2.14. The van der Waals surface area contributed by atoms with E-state index in [-0.39, 0.29) is 0 Å². The van der Waals surface area contributed by atoms with Gasteiger partial charge in [-0.15, -0.1) is 0 Å². The Bertz CT molecular complexity index is 584. The summed E-state index contributed by atoms with van der Waals surface area (Å²) in [5, 5.41) is 0.696. The molecule has 100 valence electrons. The Morgan fingerprint density at radius 1 is 1.16 bits per heavy atom. The van der Waals surface area contributed by atoms with E-state index in [9.17, 15) is 0 Å². The Labute approximate surface area is 117 Å². The predicted molar refractivity (Wildman–Crippen MR) is 77.9 cm³/mol. The van der Waals surface area contributed by atoms with E-state index in [4.69, 9.17) is 26.8 Å². The number of ether oxygens (including phenoxy) is 2. The first kappa shape index (κ1) is 13.6. The van der Waals surface area contributed by atoms with Crippen LogP contribution in [0.4, 0.5) is 5.69 Å². The number of hydrogen-bond donors (Lipinski definition) is 1. The van der Waals surface area contributed by atoms with Crippen LogP contribution in [0.3, 0.4) is 0 Å². The Morgan fingerprint density at radius 3 is 2.63 bits per heavy atom. The van der Waals surface area contributed by atoms with Crippen LogP contribution in [0.5, 0.6) is 11.5 Å². The van der Waals surface area contributed by atoms with E-state index in [1.54, 1.807) is 25.3 Å². The van der Waals surface area contributed by atoms with Crippen molar-refractivity contribution in [2.45, 2.75) is 13.5 Å². The topological polar surface area (TPSA) is 44.5 Å². The van der Waals surface area contributed by atoms with Gasteiger partial charge in [0.25, 0.3) is 0 Å². The first-order valence-corrected chi connectivity index (χ1v) is 6.29. The van der Waals surface area contributed by atoms with Crippen LogP contribution in [-0.2, 0) is 6.61 Å². The van der Waals surface area contributed by atoms with Crippen LogP contribution in [0.15, 0.2) is 36.4 Å². The molecule has 0 saturated carbocycles. The Morgan fingerprint density at radius 2 is 1.95 bits per heavy atom. The maximum atomic E-state index is 6.16. The first-order valence-electron chi connectivity index (χ1n) is 5.91. The molecule has 0 radical (unpaired) electrons. The molecule has 2 aromatic rings. The van der Waals surface area contributed by atoms with Crippen LogP contribution in [0.2, 0.25) is 5.02 Å². The largest absolute Gasteiger partial charge is 0.497 e. The van der Waals surface area contributed by atoms with Crippen LogP contribution in [0.25, 0.3) is 0 Å². The fourth-order valence-electron chi connectivity index (χ4n) is 1.69. The van der Waals surface area contributed by atoms with Crippen LogP contribution in [-0.4, -0.2) is 7.11 Å². The molecule has 0 heterocycles. The van der Waals surface area contributed by atoms with Crippen molar-refractivity contribution in [2.24, 2.45) is 0 Å². The van der Waals surface area contributed by atoms with Gasteiger partial charge in [0.05, 0.1) is 12.8 Å². The third kappa shape index (κ3) is 3.32. The molecular formula is C15H16ClNO2. The number of nitrogens with two attached hydrogens (primary N) is 1. The lowest BCUT2D eigenvalue weighted by molar-refractivity contribution is 0.305. The number of methoxy groups -OCH3 is 1. The number of aryl methyl sites for hydroxylation is 1. The van der Waals surface area contributed by atoms with E-state index in [0.29, 0.717) is 28.8 Å². The lowest BCUT2D eigenvalue weighted by Gasteiger charge is -2.11. The highest BCUT2D eigenvalue weighted by atomic mass is 35.5. The second kappa shape index (κ2) is 5.85. The van der Waals surface area contributed by atoms with Crippen molar-refractivity contribution in [2.75, 3.05) is 12.8 Å². The summed E-state index contributed by atoms with van der Waals surface area (Å²) >= 11 is 6.16. The van der Waals surface area contributed by atoms with Gasteiger partial charge in [-0.25, -0.2) is 0 Å². The number of benzene rings is 2. The van der Waals surface area contributed by atoms with Crippen molar-refractivity contribution in [1.29, 1.82) is 0 Å². The third-order valence-electron chi connectivity index (χ3n) is 2.81. The van der Waals surface area contributed by atoms with Crippen molar-refractivity contribution in [3.63, 3.8) is 0 Å². The molecule has 0 amide bonds. The van der Waals surface area contributed by atoms with Gasteiger partial charge in [0.2, 0.25) is 0 Å². The van der Waals surface area contributed by atoms with E-state index in [2.05, 4.69) is 0 Å². The van der Waals surface area contributed by atoms with Crippen molar-refractivity contribution in [3.8, 4) is 11.5 Å².